The number of Topliss-reactive ketones (excluding diaryl/α,β-unsaturated/α-hetero) is 1. The average molecular weight is 373 g/mol. The fraction of sp³-hybridized carbons (Fsp3) is 0.360. The molecule has 1 amide bonds. The van der Waals surface area contributed by atoms with E-state index in [1.807, 2.05) is 66.9 Å². The van der Waals surface area contributed by atoms with Crippen LogP contribution in [0.1, 0.15) is 50.7 Å². The van der Waals surface area contributed by atoms with Gasteiger partial charge in [-0.2, -0.15) is 0 Å². The number of hydrogen-bond acceptors (Lipinski definition) is 2. The molecule has 0 N–H and O–H groups in total. The van der Waals surface area contributed by atoms with E-state index in [2.05, 4.69) is 20.8 Å². The Morgan fingerprint density at radius 3 is 2.14 bits per heavy atom. The summed E-state index contributed by atoms with van der Waals surface area (Å²) in [5.41, 5.74) is 2.02. The molecule has 0 saturated heterocycles. The standard InChI is InChI=1S/C25H27NO2/c1-18-15-26(16-19-10-6-4-7-11-19)23(28)25(17-24(2,3)14-21(25)27)22(18)20-12-8-5-9-13-20/h4-13,15,22H,14,16-17H2,1-3H3/t22-,25-/m0/s1. The maximum Gasteiger partial charge on any atom is 0.241 e. The molecule has 2 atom stereocenters. The quantitative estimate of drug-likeness (QED) is 0.703. The third-order valence-corrected chi connectivity index (χ3v) is 6.17. The highest BCUT2D eigenvalue weighted by molar-refractivity contribution is 6.10. The predicted molar refractivity (Wildman–Crippen MR) is 110 cm³/mol. The van der Waals surface area contributed by atoms with Crippen LogP contribution < -0.4 is 0 Å². The number of hydrogen-bond donors (Lipinski definition) is 0. The van der Waals surface area contributed by atoms with Crippen molar-refractivity contribution in [2.75, 3.05) is 0 Å². The van der Waals surface area contributed by atoms with Crippen LogP contribution in [-0.2, 0) is 16.1 Å². The molecule has 0 radical (unpaired) electrons. The van der Waals surface area contributed by atoms with Gasteiger partial charge < -0.3 is 4.90 Å². The fourth-order valence-electron chi connectivity index (χ4n) is 5.20. The highest BCUT2D eigenvalue weighted by Gasteiger charge is 2.62. The number of ketones is 1. The van der Waals surface area contributed by atoms with E-state index in [1.54, 1.807) is 4.90 Å². The molecule has 3 nitrogen and oxygen atoms in total. The van der Waals surface area contributed by atoms with Crippen molar-refractivity contribution < 1.29 is 9.59 Å². The van der Waals surface area contributed by atoms with Gasteiger partial charge in [0.25, 0.3) is 0 Å². The molecule has 1 heterocycles. The molecule has 0 bridgehead atoms. The minimum absolute atomic E-state index is 0.0496. The maximum atomic E-state index is 13.8. The Morgan fingerprint density at radius 2 is 1.57 bits per heavy atom. The first-order chi connectivity index (χ1) is 13.3. The van der Waals surface area contributed by atoms with Gasteiger partial charge in [-0.15, -0.1) is 0 Å². The summed E-state index contributed by atoms with van der Waals surface area (Å²) >= 11 is 0. The van der Waals surface area contributed by atoms with Crippen LogP contribution in [0.5, 0.6) is 0 Å². The van der Waals surface area contributed by atoms with Crippen LogP contribution in [0.2, 0.25) is 0 Å². The van der Waals surface area contributed by atoms with E-state index in [-0.39, 0.29) is 23.0 Å². The fourth-order valence-corrected chi connectivity index (χ4v) is 5.20. The van der Waals surface area contributed by atoms with Crippen LogP contribution >= 0.6 is 0 Å². The zero-order valence-corrected chi connectivity index (χ0v) is 16.8. The zero-order valence-electron chi connectivity index (χ0n) is 16.8. The van der Waals surface area contributed by atoms with E-state index < -0.39 is 5.41 Å². The van der Waals surface area contributed by atoms with Gasteiger partial charge in [0.2, 0.25) is 5.91 Å². The Labute approximate surface area is 167 Å². The minimum atomic E-state index is -1.00. The second-order valence-electron chi connectivity index (χ2n) is 9.05. The first-order valence-electron chi connectivity index (χ1n) is 9.95. The summed E-state index contributed by atoms with van der Waals surface area (Å²) in [5.74, 6) is -0.157. The molecule has 2 aromatic rings. The molecule has 2 aliphatic rings. The van der Waals surface area contributed by atoms with Gasteiger partial charge >= 0.3 is 0 Å². The molecule has 2 aromatic carbocycles. The largest absolute Gasteiger partial charge is 0.314 e. The van der Waals surface area contributed by atoms with Crippen molar-refractivity contribution in [2.24, 2.45) is 10.8 Å². The first kappa shape index (κ1) is 18.7. The molecule has 1 saturated carbocycles. The lowest BCUT2D eigenvalue weighted by atomic mass is 9.63. The van der Waals surface area contributed by atoms with Crippen molar-refractivity contribution >= 4 is 11.7 Å². The molecule has 1 spiro atoms. The molecule has 28 heavy (non-hydrogen) atoms. The summed E-state index contributed by atoms with van der Waals surface area (Å²) in [5, 5.41) is 0. The van der Waals surface area contributed by atoms with Crippen LogP contribution in [-0.4, -0.2) is 16.6 Å². The topological polar surface area (TPSA) is 37.4 Å². The van der Waals surface area contributed by atoms with Gasteiger partial charge in [-0.25, -0.2) is 0 Å². The molecule has 1 aliphatic carbocycles. The minimum Gasteiger partial charge on any atom is -0.314 e. The Bertz CT molecular complexity index is 930. The number of allylic oxidation sites excluding steroid dienone is 1. The van der Waals surface area contributed by atoms with Crippen molar-refractivity contribution in [3.05, 3.63) is 83.6 Å². The van der Waals surface area contributed by atoms with Gasteiger partial charge in [-0.05, 0) is 35.5 Å². The van der Waals surface area contributed by atoms with Gasteiger partial charge in [-0.3, -0.25) is 9.59 Å². The van der Waals surface area contributed by atoms with Crippen molar-refractivity contribution in [3.63, 3.8) is 0 Å². The van der Waals surface area contributed by atoms with Crippen molar-refractivity contribution in [1.82, 2.24) is 4.90 Å². The van der Waals surface area contributed by atoms with Crippen molar-refractivity contribution in [1.29, 1.82) is 0 Å². The van der Waals surface area contributed by atoms with Crippen LogP contribution in [0.4, 0.5) is 0 Å². The molecule has 0 aromatic heterocycles. The molecule has 1 aliphatic heterocycles. The molecular weight excluding hydrogens is 346 g/mol. The highest BCUT2D eigenvalue weighted by atomic mass is 16.2. The normalized spacial score (nSPS) is 26.6. The van der Waals surface area contributed by atoms with Gasteiger partial charge in [-0.1, -0.05) is 74.5 Å². The summed E-state index contributed by atoms with van der Waals surface area (Å²) in [6, 6.07) is 20.0. The van der Waals surface area contributed by atoms with Gasteiger partial charge in [0, 0.05) is 18.5 Å². The van der Waals surface area contributed by atoms with Crippen LogP contribution in [0.15, 0.2) is 72.4 Å². The van der Waals surface area contributed by atoms with Crippen LogP contribution in [0.25, 0.3) is 0 Å². The molecule has 1 fully saturated rings. The van der Waals surface area contributed by atoms with Gasteiger partial charge in [0.15, 0.2) is 0 Å². The Hall–Kier alpha value is -2.68. The predicted octanol–water partition coefficient (Wildman–Crippen LogP) is 5.09. The van der Waals surface area contributed by atoms with E-state index in [0.717, 1.165) is 16.7 Å². The second-order valence-corrected chi connectivity index (χ2v) is 9.05. The summed E-state index contributed by atoms with van der Waals surface area (Å²) < 4.78 is 0. The van der Waals surface area contributed by atoms with Gasteiger partial charge in [0.05, 0.1) is 6.54 Å². The smallest absolute Gasteiger partial charge is 0.241 e. The van der Waals surface area contributed by atoms with Crippen LogP contribution in [0.3, 0.4) is 0 Å². The SMILES string of the molecule is CC1=CN(Cc2ccccc2)C(=O)[C@]2(CC(C)(C)CC2=O)[C@@H]1c1ccccc1. The summed E-state index contributed by atoms with van der Waals surface area (Å²) in [7, 11) is 0. The van der Waals surface area contributed by atoms with Crippen molar-refractivity contribution in [3.8, 4) is 0 Å². The number of carbonyl (C=O) groups excluding carboxylic acids is 2. The first-order valence-corrected chi connectivity index (χ1v) is 9.95. The molecule has 4 rings (SSSR count). The van der Waals surface area contributed by atoms with E-state index >= 15 is 0 Å². The Kier molecular flexibility index (Phi) is 4.49. The molecule has 144 valence electrons. The Balaban J connectivity index is 1.83. The molecule has 3 heteroatoms. The lowest BCUT2D eigenvalue weighted by Crippen LogP contribution is -2.51. The lowest BCUT2D eigenvalue weighted by molar-refractivity contribution is -0.149. The summed E-state index contributed by atoms with van der Waals surface area (Å²) in [6.07, 6.45) is 3.00. The average Bonchev–Trinajstić information content (AvgIpc) is 2.90. The zero-order chi connectivity index (χ0) is 19.9. The number of benzene rings is 2. The van der Waals surface area contributed by atoms with E-state index in [1.165, 1.54) is 0 Å². The molecular formula is C25H27NO2. The number of amides is 1. The van der Waals surface area contributed by atoms with E-state index in [4.69, 9.17) is 0 Å². The van der Waals surface area contributed by atoms with Crippen LogP contribution in [0, 0.1) is 10.8 Å². The number of nitrogens with zero attached hydrogens (tertiary/aromatic N) is 1. The summed E-state index contributed by atoms with van der Waals surface area (Å²) in [6.45, 7) is 6.75. The maximum absolute atomic E-state index is 13.8. The monoisotopic (exact) mass is 373 g/mol. The number of carbonyl (C=O) groups is 2. The third-order valence-electron chi connectivity index (χ3n) is 6.17. The van der Waals surface area contributed by atoms with E-state index in [9.17, 15) is 9.59 Å². The van der Waals surface area contributed by atoms with E-state index in [0.29, 0.717) is 19.4 Å². The highest BCUT2D eigenvalue weighted by Crippen LogP contribution is 2.58. The second kappa shape index (κ2) is 6.73. The van der Waals surface area contributed by atoms with Gasteiger partial charge in [0.1, 0.15) is 11.2 Å². The Morgan fingerprint density at radius 1 is 0.964 bits per heavy atom. The summed E-state index contributed by atoms with van der Waals surface area (Å²) in [4.78, 5) is 29.0. The van der Waals surface area contributed by atoms with Crippen molar-refractivity contribution in [2.45, 2.75) is 46.1 Å². The lowest BCUT2D eigenvalue weighted by Gasteiger charge is -2.43. The third kappa shape index (κ3) is 2.99. The molecule has 0 unspecified atom stereocenters. The number of rotatable bonds is 3.